The summed E-state index contributed by atoms with van der Waals surface area (Å²) in [5.74, 6) is 0.388. The van der Waals surface area contributed by atoms with Crippen molar-refractivity contribution in [2.24, 2.45) is 5.73 Å². The molecule has 0 atom stereocenters. The molecule has 0 saturated carbocycles. The fraction of sp³-hybridized carbons (Fsp3) is 0.174. The van der Waals surface area contributed by atoms with Gasteiger partial charge in [-0.3, -0.25) is 4.79 Å². The summed E-state index contributed by atoms with van der Waals surface area (Å²) in [7, 11) is 0. The number of fused-ring (bicyclic) bond motifs is 1. The highest BCUT2D eigenvalue weighted by molar-refractivity contribution is 5.96. The van der Waals surface area contributed by atoms with E-state index in [0.717, 1.165) is 30.1 Å². The first-order valence-electron chi connectivity index (χ1n) is 9.13. The van der Waals surface area contributed by atoms with Gasteiger partial charge in [-0.2, -0.15) is 0 Å². The van der Waals surface area contributed by atoms with Gasteiger partial charge >= 0.3 is 0 Å². The number of carbonyl (C=O) groups excluding carboxylic acids is 1. The third-order valence-corrected chi connectivity index (χ3v) is 4.88. The summed E-state index contributed by atoms with van der Waals surface area (Å²) in [5.41, 5.74) is 10.5. The van der Waals surface area contributed by atoms with Crippen molar-refractivity contribution in [3.8, 4) is 5.75 Å². The summed E-state index contributed by atoms with van der Waals surface area (Å²) in [6.07, 6.45) is 0.714. The topological polar surface area (TPSA) is 55.6 Å². The second-order valence-electron chi connectivity index (χ2n) is 6.73. The van der Waals surface area contributed by atoms with E-state index in [2.05, 4.69) is 29.2 Å². The van der Waals surface area contributed by atoms with Gasteiger partial charge < -0.3 is 15.4 Å². The second kappa shape index (κ2) is 7.54. The zero-order valence-electron chi connectivity index (χ0n) is 15.1. The van der Waals surface area contributed by atoms with Crippen LogP contribution in [0, 0.1) is 0 Å². The van der Waals surface area contributed by atoms with Gasteiger partial charge in [-0.1, -0.05) is 60.7 Å². The van der Waals surface area contributed by atoms with E-state index < -0.39 is 5.91 Å². The molecule has 4 rings (SSSR count). The van der Waals surface area contributed by atoms with Gasteiger partial charge in [0, 0.05) is 30.6 Å². The van der Waals surface area contributed by atoms with Crippen LogP contribution >= 0.6 is 0 Å². The first-order chi connectivity index (χ1) is 13.2. The van der Waals surface area contributed by atoms with E-state index in [1.165, 1.54) is 11.1 Å². The number of primary amides is 1. The molecule has 1 aliphatic rings. The maximum absolute atomic E-state index is 11.8. The van der Waals surface area contributed by atoms with Crippen LogP contribution in [0.3, 0.4) is 0 Å². The minimum Gasteiger partial charge on any atom is -0.491 e. The van der Waals surface area contributed by atoms with Gasteiger partial charge in [0.25, 0.3) is 0 Å². The third-order valence-electron chi connectivity index (χ3n) is 4.88. The zero-order valence-corrected chi connectivity index (χ0v) is 15.1. The van der Waals surface area contributed by atoms with E-state index in [9.17, 15) is 4.79 Å². The molecule has 4 heteroatoms. The summed E-state index contributed by atoms with van der Waals surface area (Å²) >= 11 is 0. The number of hydrogen-bond donors (Lipinski definition) is 1. The SMILES string of the molecule is NC(=O)c1ccc(N(Cc2ccccc2)Cc2ccccc2)c2c1CCO2. The standard InChI is InChI=1S/C23H22N2O2/c24-23(26)20-11-12-21(22-19(20)13-14-27-22)25(15-17-7-3-1-4-8-17)16-18-9-5-2-6-10-18/h1-12H,13-16H2,(H2,24,26). The van der Waals surface area contributed by atoms with Gasteiger partial charge in [-0.05, 0) is 23.3 Å². The van der Waals surface area contributed by atoms with E-state index in [-0.39, 0.29) is 0 Å². The molecule has 3 aromatic carbocycles. The molecule has 0 fully saturated rings. The number of ether oxygens (including phenoxy) is 1. The minimum atomic E-state index is -0.402. The zero-order chi connectivity index (χ0) is 18.6. The summed E-state index contributed by atoms with van der Waals surface area (Å²) in [4.78, 5) is 14.1. The Labute approximate surface area is 159 Å². The molecule has 3 aromatic rings. The lowest BCUT2D eigenvalue weighted by molar-refractivity contribution is 0.0999. The van der Waals surface area contributed by atoms with Crippen molar-refractivity contribution in [2.45, 2.75) is 19.5 Å². The maximum Gasteiger partial charge on any atom is 0.249 e. The Kier molecular flexibility index (Phi) is 4.79. The number of amides is 1. The molecule has 1 heterocycles. The molecule has 136 valence electrons. The van der Waals surface area contributed by atoms with Crippen LogP contribution in [-0.4, -0.2) is 12.5 Å². The molecule has 0 aliphatic carbocycles. The van der Waals surface area contributed by atoms with Gasteiger partial charge in [-0.25, -0.2) is 0 Å². The van der Waals surface area contributed by atoms with E-state index in [0.29, 0.717) is 18.6 Å². The summed E-state index contributed by atoms with van der Waals surface area (Å²) in [6, 6.07) is 24.5. The number of benzene rings is 3. The van der Waals surface area contributed by atoms with Gasteiger partial charge in [0.05, 0.1) is 12.3 Å². The number of hydrogen-bond acceptors (Lipinski definition) is 3. The van der Waals surface area contributed by atoms with Gasteiger partial charge in [0.2, 0.25) is 5.91 Å². The predicted octanol–water partition coefficient (Wildman–Crippen LogP) is 3.93. The summed E-state index contributed by atoms with van der Waals surface area (Å²) < 4.78 is 5.93. The highest BCUT2D eigenvalue weighted by atomic mass is 16.5. The molecular weight excluding hydrogens is 336 g/mol. The van der Waals surface area contributed by atoms with Crippen molar-refractivity contribution in [1.82, 2.24) is 0 Å². The molecule has 0 spiro atoms. The van der Waals surface area contributed by atoms with Crippen LogP contribution in [0.2, 0.25) is 0 Å². The number of nitrogens with two attached hydrogens (primary N) is 1. The largest absolute Gasteiger partial charge is 0.491 e. The Morgan fingerprint density at radius 1 is 0.889 bits per heavy atom. The molecule has 0 aromatic heterocycles. The highest BCUT2D eigenvalue weighted by Gasteiger charge is 2.25. The Hall–Kier alpha value is -3.27. The van der Waals surface area contributed by atoms with Crippen LogP contribution in [-0.2, 0) is 19.5 Å². The van der Waals surface area contributed by atoms with Crippen LogP contribution in [0.4, 0.5) is 5.69 Å². The van der Waals surface area contributed by atoms with Gasteiger partial charge in [-0.15, -0.1) is 0 Å². The molecule has 0 radical (unpaired) electrons. The average molecular weight is 358 g/mol. The smallest absolute Gasteiger partial charge is 0.249 e. The first kappa shape index (κ1) is 17.2. The Morgan fingerprint density at radius 3 is 2.04 bits per heavy atom. The maximum atomic E-state index is 11.8. The quantitative estimate of drug-likeness (QED) is 0.726. The Bertz CT molecular complexity index is 898. The van der Waals surface area contributed by atoms with Crippen molar-refractivity contribution in [3.05, 3.63) is 95.1 Å². The van der Waals surface area contributed by atoms with Gasteiger partial charge in [0.1, 0.15) is 5.75 Å². The molecular formula is C23H22N2O2. The lowest BCUT2D eigenvalue weighted by atomic mass is 10.0. The van der Waals surface area contributed by atoms with E-state index in [4.69, 9.17) is 10.5 Å². The van der Waals surface area contributed by atoms with E-state index in [1.54, 1.807) is 0 Å². The van der Waals surface area contributed by atoms with Crippen molar-refractivity contribution < 1.29 is 9.53 Å². The average Bonchev–Trinajstić information content (AvgIpc) is 3.18. The molecule has 1 amide bonds. The fourth-order valence-electron chi connectivity index (χ4n) is 3.59. The molecule has 27 heavy (non-hydrogen) atoms. The minimum absolute atomic E-state index is 0.402. The Balaban J connectivity index is 1.74. The van der Waals surface area contributed by atoms with Crippen LogP contribution in [0.15, 0.2) is 72.8 Å². The molecule has 2 N–H and O–H groups in total. The number of anilines is 1. The van der Waals surface area contributed by atoms with Crippen molar-refractivity contribution in [1.29, 1.82) is 0 Å². The molecule has 1 aliphatic heterocycles. The van der Waals surface area contributed by atoms with Crippen molar-refractivity contribution in [2.75, 3.05) is 11.5 Å². The second-order valence-corrected chi connectivity index (χ2v) is 6.73. The van der Waals surface area contributed by atoms with Crippen molar-refractivity contribution >= 4 is 11.6 Å². The van der Waals surface area contributed by atoms with E-state index >= 15 is 0 Å². The number of nitrogens with zero attached hydrogens (tertiary/aromatic N) is 1. The van der Waals surface area contributed by atoms with Crippen LogP contribution < -0.4 is 15.4 Å². The van der Waals surface area contributed by atoms with Crippen molar-refractivity contribution in [3.63, 3.8) is 0 Å². The van der Waals surface area contributed by atoms with Crippen LogP contribution in [0.1, 0.15) is 27.0 Å². The summed E-state index contributed by atoms with van der Waals surface area (Å²) in [5, 5.41) is 0. The molecule has 4 nitrogen and oxygen atoms in total. The first-order valence-corrected chi connectivity index (χ1v) is 9.13. The third kappa shape index (κ3) is 3.65. The number of rotatable bonds is 6. The predicted molar refractivity (Wildman–Crippen MR) is 107 cm³/mol. The molecule has 0 bridgehead atoms. The fourth-order valence-corrected chi connectivity index (χ4v) is 3.59. The van der Waals surface area contributed by atoms with Gasteiger partial charge in [0.15, 0.2) is 0 Å². The van der Waals surface area contributed by atoms with E-state index in [1.807, 2.05) is 48.5 Å². The number of carbonyl (C=O) groups is 1. The highest BCUT2D eigenvalue weighted by Crippen LogP contribution is 2.39. The lowest BCUT2D eigenvalue weighted by Crippen LogP contribution is -2.23. The normalized spacial score (nSPS) is 12.3. The molecule has 0 unspecified atom stereocenters. The van der Waals surface area contributed by atoms with Crippen LogP contribution in [0.5, 0.6) is 5.75 Å². The Morgan fingerprint density at radius 2 is 1.48 bits per heavy atom. The van der Waals surface area contributed by atoms with Crippen LogP contribution in [0.25, 0.3) is 0 Å². The lowest BCUT2D eigenvalue weighted by Gasteiger charge is -2.27. The summed E-state index contributed by atoms with van der Waals surface area (Å²) in [6.45, 7) is 2.08. The molecule has 0 saturated heterocycles. The monoisotopic (exact) mass is 358 g/mol.